The number of hydrogen-bond donors (Lipinski definition) is 1. The fourth-order valence-electron chi connectivity index (χ4n) is 5.24. The SMILES string of the molecule is COc1cc(OCc2ccccc2)ccc1CN1C[C@H]2C[C@@H](NC(C)=O)[C@H](OC)C[C@H]2C1. The molecule has 2 fully saturated rings. The standard InChI is InChI=1S/C26H34N2O4/c1-18(29)27-24-11-21-15-28(16-22(21)12-26(24)31-3)14-20-9-10-23(13-25(20)30-2)32-17-19-7-5-4-6-8-19/h4-10,13,21-22,24,26H,11-12,14-17H2,1-3H3,(H,27,29)/t21-,22+,24-,26-/m1/s1. The lowest BCUT2D eigenvalue weighted by molar-refractivity contribution is -0.121. The van der Waals surface area contributed by atoms with Gasteiger partial charge in [0.2, 0.25) is 5.91 Å². The molecule has 1 saturated heterocycles. The van der Waals surface area contributed by atoms with Gasteiger partial charge in [0.15, 0.2) is 0 Å². The van der Waals surface area contributed by atoms with Crippen molar-refractivity contribution >= 4 is 5.91 Å². The van der Waals surface area contributed by atoms with Gasteiger partial charge in [-0.1, -0.05) is 36.4 Å². The van der Waals surface area contributed by atoms with E-state index < -0.39 is 0 Å². The number of carbonyl (C=O) groups excluding carboxylic acids is 1. The lowest BCUT2D eigenvalue weighted by atomic mass is 9.77. The van der Waals surface area contributed by atoms with Gasteiger partial charge in [0.05, 0.1) is 19.3 Å². The molecule has 4 rings (SSSR count). The Hall–Kier alpha value is -2.57. The van der Waals surface area contributed by atoms with Gasteiger partial charge in [0.25, 0.3) is 0 Å². The number of carbonyl (C=O) groups is 1. The summed E-state index contributed by atoms with van der Waals surface area (Å²) in [6.45, 7) is 5.05. The summed E-state index contributed by atoms with van der Waals surface area (Å²) in [7, 11) is 3.46. The minimum atomic E-state index is 0.0182. The maximum absolute atomic E-state index is 11.6. The molecule has 0 bridgehead atoms. The molecule has 1 aliphatic heterocycles. The molecule has 1 N–H and O–H groups in total. The predicted octanol–water partition coefficient (Wildman–Crippen LogP) is 3.64. The van der Waals surface area contributed by atoms with Crippen LogP contribution >= 0.6 is 0 Å². The van der Waals surface area contributed by atoms with Gasteiger partial charge in [0, 0.05) is 45.3 Å². The zero-order chi connectivity index (χ0) is 22.5. The molecule has 2 aliphatic rings. The molecule has 1 heterocycles. The molecular formula is C26H34N2O4. The molecule has 6 heteroatoms. The van der Waals surface area contributed by atoms with Gasteiger partial charge in [-0.3, -0.25) is 9.69 Å². The van der Waals surface area contributed by atoms with Crippen LogP contribution in [0.25, 0.3) is 0 Å². The lowest BCUT2D eigenvalue weighted by Gasteiger charge is -2.37. The summed E-state index contributed by atoms with van der Waals surface area (Å²) in [6, 6.07) is 16.4. The Morgan fingerprint density at radius 1 is 1.06 bits per heavy atom. The van der Waals surface area contributed by atoms with E-state index >= 15 is 0 Å². The van der Waals surface area contributed by atoms with Crippen LogP contribution in [0.5, 0.6) is 11.5 Å². The molecule has 1 amide bonds. The molecule has 0 aromatic heterocycles. The van der Waals surface area contributed by atoms with E-state index in [2.05, 4.69) is 28.4 Å². The van der Waals surface area contributed by atoms with Crippen molar-refractivity contribution in [2.75, 3.05) is 27.3 Å². The van der Waals surface area contributed by atoms with Crippen molar-refractivity contribution in [1.29, 1.82) is 0 Å². The van der Waals surface area contributed by atoms with Crippen LogP contribution < -0.4 is 14.8 Å². The van der Waals surface area contributed by atoms with Crippen molar-refractivity contribution in [3.63, 3.8) is 0 Å². The Bertz CT molecular complexity index is 904. The highest BCUT2D eigenvalue weighted by Crippen LogP contribution is 2.39. The van der Waals surface area contributed by atoms with E-state index in [9.17, 15) is 4.79 Å². The van der Waals surface area contributed by atoms with E-state index in [-0.39, 0.29) is 18.1 Å². The second-order valence-corrected chi connectivity index (χ2v) is 9.01. The van der Waals surface area contributed by atoms with Gasteiger partial charge in [-0.25, -0.2) is 0 Å². The van der Waals surface area contributed by atoms with Crippen molar-refractivity contribution in [3.8, 4) is 11.5 Å². The van der Waals surface area contributed by atoms with Crippen molar-refractivity contribution in [2.24, 2.45) is 11.8 Å². The fourth-order valence-corrected chi connectivity index (χ4v) is 5.24. The first kappa shape index (κ1) is 22.6. The third-order valence-electron chi connectivity index (χ3n) is 6.78. The Morgan fingerprint density at radius 2 is 1.81 bits per heavy atom. The first-order chi connectivity index (χ1) is 15.6. The number of ether oxygens (including phenoxy) is 3. The van der Waals surface area contributed by atoms with Gasteiger partial charge in [-0.2, -0.15) is 0 Å². The largest absolute Gasteiger partial charge is 0.496 e. The maximum atomic E-state index is 11.6. The molecule has 1 aliphatic carbocycles. The first-order valence-electron chi connectivity index (χ1n) is 11.4. The smallest absolute Gasteiger partial charge is 0.217 e. The average molecular weight is 439 g/mol. The quantitative estimate of drug-likeness (QED) is 0.682. The van der Waals surface area contributed by atoms with E-state index in [1.54, 1.807) is 21.1 Å². The van der Waals surface area contributed by atoms with Gasteiger partial charge in [-0.15, -0.1) is 0 Å². The second kappa shape index (κ2) is 10.4. The summed E-state index contributed by atoms with van der Waals surface area (Å²) in [5.74, 6) is 2.87. The lowest BCUT2D eigenvalue weighted by Crippen LogP contribution is -2.49. The minimum absolute atomic E-state index is 0.0182. The summed E-state index contributed by atoms with van der Waals surface area (Å²) < 4.78 is 17.4. The molecule has 2 aromatic rings. The third kappa shape index (κ3) is 5.43. The first-order valence-corrected chi connectivity index (χ1v) is 11.4. The third-order valence-corrected chi connectivity index (χ3v) is 6.78. The van der Waals surface area contributed by atoms with Crippen molar-refractivity contribution in [2.45, 2.75) is 45.1 Å². The van der Waals surface area contributed by atoms with Gasteiger partial charge >= 0.3 is 0 Å². The van der Waals surface area contributed by atoms with E-state index in [0.29, 0.717) is 18.4 Å². The summed E-state index contributed by atoms with van der Waals surface area (Å²) in [5.41, 5.74) is 2.31. The molecule has 0 spiro atoms. The van der Waals surface area contributed by atoms with Crippen LogP contribution in [0.2, 0.25) is 0 Å². The number of rotatable bonds is 8. The molecule has 1 saturated carbocycles. The van der Waals surface area contributed by atoms with Crippen molar-refractivity contribution < 1.29 is 19.0 Å². The summed E-state index contributed by atoms with van der Waals surface area (Å²) in [5, 5.41) is 3.09. The van der Waals surface area contributed by atoms with Crippen LogP contribution in [0.3, 0.4) is 0 Å². The highest BCUT2D eigenvalue weighted by molar-refractivity contribution is 5.73. The molecule has 32 heavy (non-hydrogen) atoms. The Balaban J connectivity index is 1.37. The summed E-state index contributed by atoms with van der Waals surface area (Å²) in [6.07, 6.45) is 2.06. The molecule has 2 aromatic carbocycles. The number of amides is 1. The number of nitrogens with one attached hydrogen (secondary N) is 1. The molecule has 0 unspecified atom stereocenters. The van der Waals surface area contributed by atoms with E-state index in [1.807, 2.05) is 30.3 Å². The number of benzene rings is 2. The van der Waals surface area contributed by atoms with E-state index in [0.717, 1.165) is 49.5 Å². The highest BCUT2D eigenvalue weighted by Gasteiger charge is 2.42. The van der Waals surface area contributed by atoms with Crippen LogP contribution in [0, 0.1) is 11.8 Å². The number of fused-ring (bicyclic) bond motifs is 1. The zero-order valence-corrected chi connectivity index (χ0v) is 19.3. The normalized spacial score (nSPS) is 25.2. The van der Waals surface area contributed by atoms with Gasteiger partial charge in [0.1, 0.15) is 18.1 Å². The summed E-state index contributed by atoms with van der Waals surface area (Å²) in [4.78, 5) is 14.1. The molecule has 4 atom stereocenters. The van der Waals surface area contributed by atoms with Crippen molar-refractivity contribution in [3.05, 3.63) is 59.7 Å². The monoisotopic (exact) mass is 438 g/mol. The predicted molar refractivity (Wildman–Crippen MR) is 124 cm³/mol. The van der Waals surface area contributed by atoms with Crippen LogP contribution in [-0.2, 0) is 22.7 Å². The van der Waals surface area contributed by atoms with Crippen LogP contribution in [0.15, 0.2) is 48.5 Å². The van der Waals surface area contributed by atoms with Crippen LogP contribution in [0.4, 0.5) is 0 Å². The molecule has 0 radical (unpaired) electrons. The number of methoxy groups -OCH3 is 2. The minimum Gasteiger partial charge on any atom is -0.496 e. The van der Waals surface area contributed by atoms with E-state index in [1.165, 1.54) is 5.56 Å². The molecular weight excluding hydrogens is 404 g/mol. The Kier molecular flexibility index (Phi) is 7.33. The number of nitrogens with zero attached hydrogens (tertiary/aromatic N) is 1. The Morgan fingerprint density at radius 3 is 2.50 bits per heavy atom. The van der Waals surface area contributed by atoms with Gasteiger partial charge in [-0.05, 0) is 36.3 Å². The maximum Gasteiger partial charge on any atom is 0.217 e. The fraction of sp³-hybridized carbons (Fsp3) is 0.500. The highest BCUT2D eigenvalue weighted by atomic mass is 16.5. The van der Waals surface area contributed by atoms with Crippen LogP contribution in [0.1, 0.15) is 30.9 Å². The number of hydrogen-bond acceptors (Lipinski definition) is 5. The molecule has 172 valence electrons. The topological polar surface area (TPSA) is 60.0 Å². The average Bonchev–Trinajstić information content (AvgIpc) is 3.19. The van der Waals surface area contributed by atoms with E-state index in [4.69, 9.17) is 14.2 Å². The van der Waals surface area contributed by atoms with Gasteiger partial charge < -0.3 is 19.5 Å². The van der Waals surface area contributed by atoms with Crippen molar-refractivity contribution in [1.82, 2.24) is 10.2 Å². The summed E-state index contributed by atoms with van der Waals surface area (Å²) >= 11 is 0. The van der Waals surface area contributed by atoms with Crippen LogP contribution in [-0.4, -0.2) is 50.3 Å². The second-order valence-electron chi connectivity index (χ2n) is 9.01. The zero-order valence-electron chi connectivity index (χ0n) is 19.3. The number of likely N-dealkylation sites (tertiary alicyclic amines) is 1. The Labute approximate surface area is 190 Å². The molecule has 6 nitrogen and oxygen atoms in total.